The highest BCUT2D eigenvalue weighted by Crippen LogP contribution is 2.28. The lowest BCUT2D eigenvalue weighted by molar-refractivity contribution is -0.274. The Morgan fingerprint density at radius 3 is 2.79 bits per heavy atom. The van der Waals surface area contributed by atoms with E-state index in [1.54, 1.807) is 12.1 Å². The lowest BCUT2D eigenvalue weighted by Crippen LogP contribution is -2.20. The topological polar surface area (TPSA) is 106 Å². The summed E-state index contributed by atoms with van der Waals surface area (Å²) in [4.78, 5) is 19.2. The van der Waals surface area contributed by atoms with Gasteiger partial charge in [0.15, 0.2) is 0 Å². The van der Waals surface area contributed by atoms with Crippen LogP contribution in [0.3, 0.4) is 0 Å². The van der Waals surface area contributed by atoms with Gasteiger partial charge in [-0.3, -0.25) is 4.79 Å². The normalized spacial score (nSPS) is 16.4. The molecule has 156 valence electrons. The van der Waals surface area contributed by atoms with Gasteiger partial charge in [0.2, 0.25) is 5.95 Å². The molecule has 1 aliphatic rings. The van der Waals surface area contributed by atoms with E-state index in [2.05, 4.69) is 25.3 Å². The van der Waals surface area contributed by atoms with E-state index in [0.717, 1.165) is 12.8 Å². The number of aliphatic carboxylic acids is 1. The standard InChI is InChI=1S/C18H19F3N4O4/c19-18(20,21)29-12-4-1-3-11(7-12)14-8-15(22-9-13-5-2-6-28-13)25-17(24-14)23-10-16(26)27/h1,3-4,7-8,13H,2,5-6,9-10H2,(H,26,27)(H2,22,23,24,25)/t13-/m1/s1. The van der Waals surface area contributed by atoms with Crippen LogP contribution in [-0.4, -0.2) is 53.2 Å². The van der Waals surface area contributed by atoms with Gasteiger partial charge in [-0.15, -0.1) is 13.2 Å². The first-order chi connectivity index (χ1) is 13.8. The third-order valence-electron chi connectivity index (χ3n) is 4.02. The van der Waals surface area contributed by atoms with Crippen LogP contribution in [0.1, 0.15) is 12.8 Å². The molecule has 11 heteroatoms. The van der Waals surface area contributed by atoms with Crippen molar-refractivity contribution in [1.82, 2.24) is 9.97 Å². The Morgan fingerprint density at radius 1 is 1.28 bits per heavy atom. The zero-order valence-corrected chi connectivity index (χ0v) is 15.2. The molecule has 2 heterocycles. The summed E-state index contributed by atoms with van der Waals surface area (Å²) in [6.45, 7) is 0.774. The van der Waals surface area contributed by atoms with Crippen LogP contribution < -0.4 is 15.4 Å². The maximum atomic E-state index is 12.5. The fraction of sp³-hybridized carbons (Fsp3) is 0.389. The van der Waals surface area contributed by atoms with E-state index in [1.807, 2.05) is 0 Å². The van der Waals surface area contributed by atoms with Gasteiger partial charge in [-0.2, -0.15) is 4.98 Å². The van der Waals surface area contributed by atoms with Gasteiger partial charge < -0.3 is 25.2 Å². The number of nitrogens with zero attached hydrogens (tertiary/aromatic N) is 2. The van der Waals surface area contributed by atoms with E-state index in [4.69, 9.17) is 9.84 Å². The van der Waals surface area contributed by atoms with E-state index < -0.39 is 18.9 Å². The van der Waals surface area contributed by atoms with Gasteiger partial charge in [0.25, 0.3) is 0 Å². The van der Waals surface area contributed by atoms with E-state index in [-0.39, 0.29) is 17.8 Å². The number of carboxylic acids is 1. The van der Waals surface area contributed by atoms with Crippen molar-refractivity contribution in [3.05, 3.63) is 30.3 Å². The lowest BCUT2D eigenvalue weighted by Gasteiger charge is -2.14. The van der Waals surface area contributed by atoms with Crippen LogP contribution >= 0.6 is 0 Å². The summed E-state index contributed by atoms with van der Waals surface area (Å²) in [7, 11) is 0. The van der Waals surface area contributed by atoms with Crippen LogP contribution in [0.25, 0.3) is 11.3 Å². The largest absolute Gasteiger partial charge is 0.573 e. The van der Waals surface area contributed by atoms with E-state index in [1.165, 1.54) is 18.2 Å². The highest BCUT2D eigenvalue weighted by Gasteiger charge is 2.31. The van der Waals surface area contributed by atoms with Crippen molar-refractivity contribution in [2.24, 2.45) is 0 Å². The van der Waals surface area contributed by atoms with Crippen LogP contribution in [0, 0.1) is 0 Å². The molecule has 0 amide bonds. The summed E-state index contributed by atoms with van der Waals surface area (Å²) in [6, 6.07) is 6.91. The van der Waals surface area contributed by atoms with Crippen molar-refractivity contribution in [2.45, 2.75) is 25.3 Å². The molecule has 1 aliphatic heterocycles. The number of anilines is 2. The molecule has 1 saturated heterocycles. The maximum Gasteiger partial charge on any atom is 0.573 e. The summed E-state index contributed by atoms with van der Waals surface area (Å²) in [6.07, 6.45) is -2.90. The smallest absolute Gasteiger partial charge is 0.480 e. The number of nitrogens with one attached hydrogen (secondary N) is 2. The Labute approximate surface area is 164 Å². The number of aromatic nitrogens is 2. The molecule has 0 spiro atoms. The van der Waals surface area contributed by atoms with Crippen molar-refractivity contribution in [1.29, 1.82) is 0 Å². The van der Waals surface area contributed by atoms with Gasteiger partial charge in [-0.1, -0.05) is 12.1 Å². The highest BCUT2D eigenvalue weighted by molar-refractivity contribution is 5.72. The summed E-state index contributed by atoms with van der Waals surface area (Å²) in [5.41, 5.74) is 0.656. The Hall–Kier alpha value is -3.08. The Bertz CT molecular complexity index is 857. The quantitative estimate of drug-likeness (QED) is 0.607. The lowest BCUT2D eigenvalue weighted by atomic mass is 10.1. The molecule has 2 aromatic rings. The van der Waals surface area contributed by atoms with E-state index in [9.17, 15) is 18.0 Å². The average Bonchev–Trinajstić information content (AvgIpc) is 3.17. The van der Waals surface area contributed by atoms with Crippen LogP contribution in [-0.2, 0) is 9.53 Å². The Balaban J connectivity index is 1.85. The van der Waals surface area contributed by atoms with Crippen LogP contribution in [0.5, 0.6) is 5.75 Å². The second-order valence-corrected chi connectivity index (χ2v) is 6.30. The van der Waals surface area contributed by atoms with Gasteiger partial charge in [-0.25, -0.2) is 4.98 Å². The highest BCUT2D eigenvalue weighted by atomic mass is 19.4. The van der Waals surface area contributed by atoms with Crippen LogP contribution in [0.15, 0.2) is 30.3 Å². The molecule has 1 fully saturated rings. The minimum absolute atomic E-state index is 0.0295. The van der Waals surface area contributed by atoms with Crippen LogP contribution in [0.2, 0.25) is 0 Å². The zero-order chi connectivity index (χ0) is 20.9. The fourth-order valence-electron chi connectivity index (χ4n) is 2.80. The second-order valence-electron chi connectivity index (χ2n) is 6.30. The summed E-state index contributed by atoms with van der Waals surface area (Å²) in [5.74, 6) is -1.07. The Kier molecular flexibility index (Phi) is 6.37. The number of carbonyl (C=O) groups is 1. The van der Waals surface area contributed by atoms with Gasteiger partial charge in [-0.05, 0) is 25.0 Å². The first-order valence-corrected chi connectivity index (χ1v) is 8.85. The van der Waals surface area contributed by atoms with Crippen molar-refractivity contribution >= 4 is 17.7 Å². The third kappa shape index (κ3) is 6.49. The van der Waals surface area contributed by atoms with Crippen molar-refractivity contribution in [3.63, 3.8) is 0 Å². The summed E-state index contributed by atoms with van der Waals surface area (Å²) >= 11 is 0. The first-order valence-electron chi connectivity index (χ1n) is 8.85. The van der Waals surface area contributed by atoms with Crippen molar-refractivity contribution in [2.75, 3.05) is 30.3 Å². The molecule has 1 atom stereocenters. The number of alkyl halides is 3. The minimum atomic E-state index is -4.81. The molecular weight excluding hydrogens is 393 g/mol. The molecule has 0 saturated carbocycles. The zero-order valence-electron chi connectivity index (χ0n) is 15.2. The predicted octanol–water partition coefficient (Wildman–Crippen LogP) is 3.13. The number of ether oxygens (including phenoxy) is 2. The van der Waals surface area contributed by atoms with Gasteiger partial charge in [0, 0.05) is 24.8 Å². The first kappa shape index (κ1) is 20.6. The summed E-state index contributed by atoms with van der Waals surface area (Å²) < 4.78 is 47.0. The molecule has 3 rings (SSSR count). The number of halogens is 3. The Morgan fingerprint density at radius 2 is 2.10 bits per heavy atom. The number of hydrogen-bond donors (Lipinski definition) is 3. The molecule has 0 radical (unpaired) electrons. The van der Waals surface area contributed by atoms with E-state index in [0.29, 0.717) is 30.2 Å². The third-order valence-corrected chi connectivity index (χ3v) is 4.02. The van der Waals surface area contributed by atoms with Crippen molar-refractivity contribution in [3.8, 4) is 17.0 Å². The predicted molar refractivity (Wildman–Crippen MR) is 97.7 cm³/mol. The number of benzene rings is 1. The number of rotatable bonds is 8. The second kappa shape index (κ2) is 8.95. The molecule has 1 aromatic heterocycles. The fourth-order valence-corrected chi connectivity index (χ4v) is 2.80. The van der Waals surface area contributed by atoms with Crippen molar-refractivity contribution < 1.29 is 32.5 Å². The monoisotopic (exact) mass is 412 g/mol. The van der Waals surface area contributed by atoms with Gasteiger partial charge in [0.05, 0.1) is 11.8 Å². The molecule has 8 nitrogen and oxygen atoms in total. The average molecular weight is 412 g/mol. The summed E-state index contributed by atoms with van der Waals surface area (Å²) in [5, 5.41) is 14.5. The molecule has 0 aliphatic carbocycles. The molecule has 1 aromatic carbocycles. The SMILES string of the molecule is O=C(O)CNc1nc(NC[C@H]2CCCO2)cc(-c2cccc(OC(F)(F)F)c2)n1. The minimum Gasteiger partial charge on any atom is -0.480 e. The number of hydrogen-bond acceptors (Lipinski definition) is 7. The molecule has 0 unspecified atom stereocenters. The number of carboxylic acid groups (broad SMARTS) is 1. The molecule has 0 bridgehead atoms. The van der Waals surface area contributed by atoms with E-state index >= 15 is 0 Å². The molecule has 3 N–H and O–H groups in total. The van der Waals surface area contributed by atoms with Gasteiger partial charge >= 0.3 is 12.3 Å². The molecular formula is C18H19F3N4O4. The maximum absolute atomic E-state index is 12.5. The van der Waals surface area contributed by atoms with Gasteiger partial charge in [0.1, 0.15) is 18.1 Å². The van der Waals surface area contributed by atoms with Crippen LogP contribution in [0.4, 0.5) is 24.9 Å². The molecule has 29 heavy (non-hydrogen) atoms.